The zero-order chi connectivity index (χ0) is 20.3. The molecule has 28 heavy (non-hydrogen) atoms. The van der Waals surface area contributed by atoms with E-state index in [2.05, 4.69) is 37.5 Å². The first kappa shape index (κ1) is 20.7. The average molecular weight is 381 g/mol. The van der Waals surface area contributed by atoms with Crippen LogP contribution in [0.3, 0.4) is 0 Å². The molecule has 1 aliphatic carbocycles. The monoisotopic (exact) mass is 380 g/mol. The molecule has 0 spiro atoms. The lowest BCUT2D eigenvalue weighted by atomic mass is 9.63. The number of nitrogens with zero attached hydrogens (tertiary/aromatic N) is 2. The van der Waals surface area contributed by atoms with Crippen molar-refractivity contribution in [2.75, 3.05) is 36.0 Å². The third-order valence-corrected chi connectivity index (χ3v) is 6.23. The Morgan fingerprint density at radius 3 is 1.11 bits per heavy atom. The predicted octanol–water partition coefficient (Wildman–Crippen LogP) is 2.72. The van der Waals surface area contributed by atoms with Crippen LogP contribution in [0.5, 0.6) is 0 Å². The molecule has 0 bridgehead atoms. The van der Waals surface area contributed by atoms with Crippen molar-refractivity contribution in [1.82, 2.24) is 0 Å². The van der Waals surface area contributed by atoms with Crippen LogP contribution in [-0.2, 0) is 0 Å². The van der Waals surface area contributed by atoms with Gasteiger partial charge in [-0.05, 0) is 74.9 Å². The van der Waals surface area contributed by atoms with Crippen LogP contribution in [0, 0.1) is 0 Å². The molecule has 0 aromatic heterocycles. The van der Waals surface area contributed by atoms with Gasteiger partial charge in [-0.1, -0.05) is 24.3 Å². The first-order valence-corrected chi connectivity index (χ1v) is 10.6. The lowest BCUT2D eigenvalue weighted by molar-refractivity contribution is -0.536. The molecule has 0 aliphatic heterocycles. The van der Waals surface area contributed by atoms with E-state index in [9.17, 15) is 10.2 Å². The number of anilines is 2. The van der Waals surface area contributed by atoms with Gasteiger partial charge in [0, 0.05) is 37.6 Å². The van der Waals surface area contributed by atoms with E-state index in [1.54, 1.807) is 0 Å². The Labute approximate surface area is 169 Å². The van der Waals surface area contributed by atoms with Crippen LogP contribution < -0.4 is 20.0 Å². The Morgan fingerprint density at radius 1 is 0.571 bits per heavy atom. The standard InChI is InChI=1S/C24H32N2O2/c1-5-25(6-2)19-13-9-17(10-14-19)21-23(27)22(24(21)28)18-11-15-20(16-12-18)26(7-3)8-4/h9-16,21-24H,5-8H2,1-4H3/q-2. The fraction of sp³-hybridized carbons (Fsp3) is 0.500. The van der Waals surface area contributed by atoms with Crippen LogP contribution in [0.15, 0.2) is 48.5 Å². The highest BCUT2D eigenvalue weighted by molar-refractivity contribution is 5.51. The first-order chi connectivity index (χ1) is 13.5. The van der Waals surface area contributed by atoms with Gasteiger partial charge in [0.2, 0.25) is 0 Å². The van der Waals surface area contributed by atoms with Crippen molar-refractivity contribution < 1.29 is 10.2 Å². The fourth-order valence-corrected chi connectivity index (χ4v) is 4.43. The summed E-state index contributed by atoms with van der Waals surface area (Å²) in [7, 11) is 0. The summed E-state index contributed by atoms with van der Waals surface area (Å²) in [5, 5.41) is 25.8. The Hall–Kier alpha value is -2.04. The van der Waals surface area contributed by atoms with Gasteiger partial charge in [0.15, 0.2) is 0 Å². The lowest BCUT2D eigenvalue weighted by Gasteiger charge is -2.61. The molecule has 0 radical (unpaired) electrons. The Balaban J connectivity index is 1.72. The van der Waals surface area contributed by atoms with E-state index in [0.717, 1.165) is 48.7 Å². The summed E-state index contributed by atoms with van der Waals surface area (Å²) < 4.78 is 0. The Bertz CT molecular complexity index is 663. The van der Waals surface area contributed by atoms with Gasteiger partial charge < -0.3 is 20.0 Å². The molecule has 2 aromatic rings. The van der Waals surface area contributed by atoms with Crippen LogP contribution in [0.25, 0.3) is 0 Å². The van der Waals surface area contributed by atoms with Gasteiger partial charge in [-0.15, -0.1) is 12.2 Å². The maximum Gasteiger partial charge on any atom is 0.0366 e. The van der Waals surface area contributed by atoms with Crippen LogP contribution in [0.4, 0.5) is 11.4 Å². The zero-order valence-corrected chi connectivity index (χ0v) is 17.5. The summed E-state index contributed by atoms with van der Waals surface area (Å²) >= 11 is 0. The molecule has 0 atom stereocenters. The van der Waals surface area contributed by atoms with Crippen LogP contribution in [-0.4, -0.2) is 38.4 Å². The van der Waals surface area contributed by atoms with Crippen molar-refractivity contribution in [2.24, 2.45) is 0 Å². The van der Waals surface area contributed by atoms with Crippen molar-refractivity contribution in [1.29, 1.82) is 0 Å². The van der Waals surface area contributed by atoms with E-state index in [4.69, 9.17) is 0 Å². The molecule has 4 heteroatoms. The van der Waals surface area contributed by atoms with Crippen LogP contribution >= 0.6 is 0 Å². The molecular formula is C24H32N2O2-2. The van der Waals surface area contributed by atoms with Gasteiger partial charge in [0.25, 0.3) is 0 Å². The van der Waals surface area contributed by atoms with E-state index in [1.807, 2.05) is 48.5 Å². The fourth-order valence-electron chi connectivity index (χ4n) is 4.43. The van der Waals surface area contributed by atoms with E-state index in [0.29, 0.717) is 0 Å². The van der Waals surface area contributed by atoms with E-state index in [1.165, 1.54) is 0 Å². The third-order valence-electron chi connectivity index (χ3n) is 6.23. The van der Waals surface area contributed by atoms with Crippen molar-refractivity contribution in [3.63, 3.8) is 0 Å². The summed E-state index contributed by atoms with van der Waals surface area (Å²) in [6.07, 6.45) is -1.75. The topological polar surface area (TPSA) is 52.6 Å². The molecule has 0 heterocycles. The minimum absolute atomic E-state index is 0.446. The maximum absolute atomic E-state index is 12.9. The highest BCUT2D eigenvalue weighted by Crippen LogP contribution is 2.45. The first-order valence-electron chi connectivity index (χ1n) is 10.6. The van der Waals surface area contributed by atoms with Crippen molar-refractivity contribution in [3.8, 4) is 0 Å². The van der Waals surface area contributed by atoms with Crippen LogP contribution in [0.2, 0.25) is 0 Å². The van der Waals surface area contributed by atoms with E-state index < -0.39 is 24.0 Å². The molecule has 0 amide bonds. The Kier molecular flexibility index (Phi) is 6.63. The van der Waals surface area contributed by atoms with Crippen molar-refractivity contribution in [2.45, 2.75) is 51.7 Å². The highest BCUT2D eigenvalue weighted by Gasteiger charge is 2.38. The van der Waals surface area contributed by atoms with Gasteiger partial charge in [-0.3, -0.25) is 0 Å². The number of benzene rings is 2. The minimum atomic E-state index is -0.874. The summed E-state index contributed by atoms with van der Waals surface area (Å²) in [5.74, 6) is -0.892. The predicted molar refractivity (Wildman–Crippen MR) is 113 cm³/mol. The number of hydrogen-bond acceptors (Lipinski definition) is 4. The molecule has 3 rings (SSSR count). The summed E-state index contributed by atoms with van der Waals surface area (Å²) in [5.41, 5.74) is 4.04. The molecule has 0 saturated heterocycles. The Morgan fingerprint density at radius 2 is 0.857 bits per heavy atom. The van der Waals surface area contributed by atoms with Gasteiger partial charge in [-0.2, -0.15) is 0 Å². The van der Waals surface area contributed by atoms with Gasteiger partial charge in [0.1, 0.15) is 0 Å². The minimum Gasteiger partial charge on any atom is -0.851 e. The van der Waals surface area contributed by atoms with Crippen molar-refractivity contribution >= 4 is 11.4 Å². The average Bonchev–Trinajstić information content (AvgIpc) is 2.72. The van der Waals surface area contributed by atoms with Gasteiger partial charge in [0.05, 0.1) is 0 Å². The smallest absolute Gasteiger partial charge is 0.0366 e. The SMILES string of the molecule is CCN(CC)c1ccc(C2C([O-])C(c3ccc(N(CC)CC)cc3)C2[O-])cc1. The molecular weight excluding hydrogens is 348 g/mol. The number of hydrogen-bond donors (Lipinski definition) is 0. The second-order valence-corrected chi connectivity index (χ2v) is 7.51. The zero-order valence-electron chi connectivity index (χ0n) is 17.5. The normalized spacial score (nSPS) is 23.9. The molecule has 1 aliphatic rings. The third kappa shape index (κ3) is 3.76. The molecule has 0 unspecified atom stereocenters. The second-order valence-electron chi connectivity index (χ2n) is 7.51. The maximum atomic E-state index is 12.9. The number of rotatable bonds is 8. The summed E-state index contributed by atoms with van der Waals surface area (Å²) in [6, 6.07) is 16.0. The molecule has 1 saturated carbocycles. The summed E-state index contributed by atoms with van der Waals surface area (Å²) in [6.45, 7) is 12.3. The molecule has 0 N–H and O–H groups in total. The second kappa shape index (κ2) is 8.97. The van der Waals surface area contributed by atoms with Gasteiger partial charge >= 0.3 is 0 Å². The molecule has 4 nitrogen and oxygen atoms in total. The summed E-state index contributed by atoms with van der Waals surface area (Å²) in [4.78, 5) is 4.52. The van der Waals surface area contributed by atoms with E-state index in [-0.39, 0.29) is 0 Å². The largest absolute Gasteiger partial charge is 0.851 e. The van der Waals surface area contributed by atoms with Crippen molar-refractivity contribution in [3.05, 3.63) is 59.7 Å². The lowest BCUT2D eigenvalue weighted by Crippen LogP contribution is -2.63. The van der Waals surface area contributed by atoms with Crippen LogP contribution in [0.1, 0.15) is 50.7 Å². The quantitative estimate of drug-likeness (QED) is 0.707. The van der Waals surface area contributed by atoms with E-state index >= 15 is 0 Å². The highest BCUT2D eigenvalue weighted by atomic mass is 16.3. The molecule has 1 fully saturated rings. The molecule has 152 valence electrons. The van der Waals surface area contributed by atoms with Gasteiger partial charge in [-0.25, -0.2) is 0 Å². The molecule has 2 aromatic carbocycles.